The van der Waals surface area contributed by atoms with Crippen molar-refractivity contribution in [3.63, 3.8) is 0 Å². The SMILES string of the molecule is C/C=C1\c2cc3nc(cc4[nH]c(cc5[nH]c(cc(n2)[C@@]1(C)CC(=O)N(C)C)cc5C)c(C)c4CCC(=O)OC)C(CCC(=O)OC)=C3C. The summed E-state index contributed by atoms with van der Waals surface area (Å²) in [7, 11) is 6.32. The lowest BCUT2D eigenvalue weighted by Gasteiger charge is -2.27. The van der Waals surface area contributed by atoms with Crippen LogP contribution in [-0.2, 0) is 35.7 Å². The third kappa shape index (κ3) is 6.56. The maximum Gasteiger partial charge on any atom is 0.305 e. The minimum Gasteiger partial charge on any atom is -0.469 e. The van der Waals surface area contributed by atoms with Gasteiger partial charge >= 0.3 is 11.9 Å². The van der Waals surface area contributed by atoms with Crippen LogP contribution in [0.15, 0.2) is 36.4 Å². The number of H-pyrrole nitrogens is 2. The molecule has 1 amide bonds. The van der Waals surface area contributed by atoms with Gasteiger partial charge in [-0.05, 0) is 111 Å². The molecule has 0 radical (unpaired) electrons. The molecule has 0 aromatic carbocycles. The van der Waals surface area contributed by atoms with Gasteiger partial charge in [0, 0.05) is 60.8 Å². The number of ether oxygens (including phenoxy) is 2. The number of nitrogens with one attached hydrogen (secondary N) is 2. The van der Waals surface area contributed by atoms with E-state index in [1.165, 1.54) is 14.2 Å². The van der Waals surface area contributed by atoms with Gasteiger partial charge < -0.3 is 24.3 Å². The molecule has 2 N–H and O–H groups in total. The van der Waals surface area contributed by atoms with E-state index >= 15 is 0 Å². The molecule has 10 heteroatoms. The zero-order chi connectivity index (χ0) is 34.9. The molecule has 48 heavy (non-hydrogen) atoms. The van der Waals surface area contributed by atoms with Crippen LogP contribution >= 0.6 is 0 Å². The number of aromatic amines is 2. The summed E-state index contributed by atoms with van der Waals surface area (Å²) >= 11 is 0. The van der Waals surface area contributed by atoms with E-state index in [0.29, 0.717) is 12.8 Å². The summed E-state index contributed by atoms with van der Waals surface area (Å²) in [5.74, 6) is -0.576. The number of fused-ring (bicyclic) bond motifs is 8. The molecular formula is C38H45N5O5. The Hall–Kier alpha value is -4.99. The highest BCUT2D eigenvalue weighted by atomic mass is 16.5. The average molecular weight is 652 g/mol. The van der Waals surface area contributed by atoms with Crippen molar-refractivity contribution in [2.45, 2.75) is 72.1 Å². The minimum atomic E-state index is -0.680. The van der Waals surface area contributed by atoms with Crippen molar-refractivity contribution in [2.24, 2.45) is 0 Å². The number of esters is 2. The molecule has 0 aliphatic carbocycles. The number of methoxy groups -OCH3 is 2. The lowest BCUT2D eigenvalue weighted by molar-refractivity contribution is -0.141. The van der Waals surface area contributed by atoms with E-state index in [1.54, 1.807) is 19.0 Å². The summed E-state index contributed by atoms with van der Waals surface area (Å²) in [4.78, 5) is 56.7. The topological polar surface area (TPSA) is 130 Å². The Morgan fingerprint density at radius 3 is 2.17 bits per heavy atom. The van der Waals surface area contributed by atoms with E-state index in [2.05, 4.69) is 35.9 Å². The predicted molar refractivity (Wildman–Crippen MR) is 189 cm³/mol. The molecule has 5 rings (SSSR count). The first-order valence-electron chi connectivity index (χ1n) is 16.2. The van der Waals surface area contributed by atoms with Crippen LogP contribution < -0.4 is 0 Å². The van der Waals surface area contributed by atoms with Gasteiger partial charge in [-0.25, -0.2) is 4.98 Å². The van der Waals surface area contributed by atoms with Crippen molar-refractivity contribution in [3.05, 3.63) is 75.9 Å². The van der Waals surface area contributed by atoms with Gasteiger partial charge in [0.05, 0.1) is 37.0 Å². The van der Waals surface area contributed by atoms with E-state index < -0.39 is 5.41 Å². The van der Waals surface area contributed by atoms with Crippen LogP contribution in [0.5, 0.6) is 0 Å². The van der Waals surface area contributed by atoms with Crippen LogP contribution in [0.1, 0.15) is 85.9 Å². The summed E-state index contributed by atoms with van der Waals surface area (Å²) < 4.78 is 9.92. The first-order valence-corrected chi connectivity index (χ1v) is 16.2. The Kier molecular flexibility index (Phi) is 9.75. The van der Waals surface area contributed by atoms with Gasteiger partial charge in [-0.2, -0.15) is 0 Å². The van der Waals surface area contributed by atoms with Crippen LogP contribution in [0.25, 0.3) is 38.8 Å². The Morgan fingerprint density at radius 1 is 0.833 bits per heavy atom. The van der Waals surface area contributed by atoms with Gasteiger partial charge in [0.15, 0.2) is 0 Å². The van der Waals surface area contributed by atoms with Crippen LogP contribution in [0, 0.1) is 13.8 Å². The fourth-order valence-electron chi connectivity index (χ4n) is 6.67. The molecule has 0 saturated carbocycles. The van der Waals surface area contributed by atoms with Crippen molar-refractivity contribution in [1.82, 2.24) is 24.8 Å². The summed E-state index contributed by atoms with van der Waals surface area (Å²) in [5, 5.41) is 0. The van der Waals surface area contributed by atoms with E-state index in [0.717, 1.165) is 78.3 Å². The molecule has 252 valence electrons. The molecule has 2 aliphatic rings. The summed E-state index contributed by atoms with van der Waals surface area (Å²) in [6.45, 7) is 10.2. The van der Waals surface area contributed by atoms with Crippen molar-refractivity contribution in [3.8, 4) is 0 Å². The quantitative estimate of drug-likeness (QED) is 0.257. The maximum atomic E-state index is 13.2. The van der Waals surface area contributed by atoms with Crippen LogP contribution in [0.4, 0.5) is 0 Å². The first-order chi connectivity index (χ1) is 22.8. The normalized spacial score (nSPS) is 16.7. The van der Waals surface area contributed by atoms with Crippen molar-refractivity contribution in [1.29, 1.82) is 0 Å². The predicted octanol–water partition coefficient (Wildman–Crippen LogP) is 6.76. The number of nitrogens with zero attached hydrogens (tertiary/aromatic N) is 3. The first kappa shape index (κ1) is 34.3. The molecule has 0 spiro atoms. The maximum absolute atomic E-state index is 13.2. The molecule has 0 unspecified atom stereocenters. The Labute approximate surface area is 281 Å². The van der Waals surface area contributed by atoms with E-state index in [9.17, 15) is 14.4 Å². The van der Waals surface area contributed by atoms with Crippen LogP contribution in [0.2, 0.25) is 0 Å². The number of allylic oxidation sites excluding steroid dienone is 4. The molecular weight excluding hydrogens is 606 g/mol. The van der Waals surface area contributed by atoms with E-state index in [1.807, 2.05) is 45.0 Å². The Balaban J connectivity index is 1.87. The number of carbonyl (C=O) groups is 3. The van der Waals surface area contributed by atoms with Gasteiger partial charge in [0.2, 0.25) is 5.91 Å². The monoisotopic (exact) mass is 651 g/mol. The number of hydrogen-bond donors (Lipinski definition) is 2. The van der Waals surface area contributed by atoms with Crippen molar-refractivity contribution >= 4 is 56.6 Å². The van der Waals surface area contributed by atoms with Crippen molar-refractivity contribution < 1.29 is 23.9 Å². The fourth-order valence-corrected chi connectivity index (χ4v) is 6.67. The second kappa shape index (κ2) is 13.6. The van der Waals surface area contributed by atoms with Gasteiger partial charge in [0.25, 0.3) is 0 Å². The molecule has 2 aliphatic heterocycles. The number of hydrogen-bond acceptors (Lipinski definition) is 7. The van der Waals surface area contributed by atoms with Crippen molar-refractivity contribution in [2.75, 3.05) is 28.3 Å². The van der Waals surface area contributed by atoms with Crippen LogP contribution in [-0.4, -0.2) is 71.0 Å². The minimum absolute atomic E-state index is 0.00664. The summed E-state index contributed by atoms with van der Waals surface area (Å²) in [6, 6.07) is 10.2. The molecule has 3 aromatic rings. The smallest absolute Gasteiger partial charge is 0.305 e. The molecule has 0 fully saturated rings. The lowest BCUT2D eigenvalue weighted by atomic mass is 9.76. The molecule has 0 saturated heterocycles. The van der Waals surface area contributed by atoms with Gasteiger partial charge in [-0.1, -0.05) is 6.08 Å². The highest BCUT2D eigenvalue weighted by Gasteiger charge is 2.40. The van der Waals surface area contributed by atoms with E-state index in [-0.39, 0.29) is 37.1 Å². The fraction of sp³-hybridized carbons (Fsp3) is 0.395. The molecule has 5 heterocycles. The zero-order valence-electron chi connectivity index (χ0n) is 29.4. The third-order valence-corrected chi connectivity index (χ3v) is 9.63. The summed E-state index contributed by atoms with van der Waals surface area (Å²) in [6.07, 6.45) is 3.64. The molecule has 1 atom stereocenters. The second-order valence-electron chi connectivity index (χ2n) is 13.0. The number of amides is 1. The third-order valence-electron chi connectivity index (χ3n) is 9.63. The average Bonchev–Trinajstić information content (AvgIpc) is 3.71. The molecule has 3 aromatic heterocycles. The van der Waals surface area contributed by atoms with Gasteiger partial charge in [-0.3, -0.25) is 19.4 Å². The number of rotatable bonds is 8. The largest absolute Gasteiger partial charge is 0.469 e. The summed E-state index contributed by atoms with van der Waals surface area (Å²) in [5.41, 5.74) is 11.7. The number of aromatic nitrogens is 4. The Morgan fingerprint density at radius 2 is 1.52 bits per heavy atom. The zero-order valence-corrected chi connectivity index (χ0v) is 29.4. The highest BCUT2D eigenvalue weighted by molar-refractivity contribution is 5.94. The highest BCUT2D eigenvalue weighted by Crippen LogP contribution is 2.45. The number of carbonyl (C=O) groups excluding carboxylic acids is 3. The Bertz CT molecular complexity index is 2030. The van der Waals surface area contributed by atoms with Gasteiger partial charge in [-0.15, -0.1) is 0 Å². The van der Waals surface area contributed by atoms with Crippen LogP contribution in [0.3, 0.4) is 0 Å². The standard InChI is InChI=1S/C38H45N5O5/c1-10-27-33-18-30-23(4)26(12-14-37(46)48-9)32(41-30)19-31-25(11-13-36(45)47-8)22(3)29(40-31)17-28-21(2)15-24(39-28)16-34(42-33)38(27,5)20-35(44)43(6)7/h10,15-19,39-40H,11-14,20H2,1-9H3/b24-16?,27-10+,28-17?,29-17?,30-18?,31-19?,32-19?,33-18?,34-16?/t38-/m0/s1. The molecule has 10 nitrogen and oxygen atoms in total. The molecule has 8 bridgehead atoms. The van der Waals surface area contributed by atoms with Gasteiger partial charge in [0.1, 0.15) is 0 Å². The van der Waals surface area contributed by atoms with E-state index in [4.69, 9.17) is 19.4 Å². The second-order valence-corrected chi connectivity index (χ2v) is 13.0. The lowest BCUT2D eigenvalue weighted by Crippen LogP contribution is -2.31. The number of aryl methyl sites for hydroxylation is 3.